The summed E-state index contributed by atoms with van der Waals surface area (Å²) in [6.45, 7) is 3.42. The lowest BCUT2D eigenvalue weighted by molar-refractivity contribution is -0.140. The molecular weight excluding hydrogens is 257 g/mol. The van der Waals surface area contributed by atoms with Gasteiger partial charge >= 0.3 is 6.18 Å². The van der Waals surface area contributed by atoms with Crippen molar-refractivity contribution in [2.75, 3.05) is 0 Å². The smallest absolute Gasteiger partial charge is 0.244 e. The lowest BCUT2D eigenvalue weighted by Crippen LogP contribution is -2.09. The van der Waals surface area contributed by atoms with Gasteiger partial charge in [-0.3, -0.25) is 0 Å². The summed E-state index contributed by atoms with van der Waals surface area (Å²) >= 11 is 5.57. The van der Waals surface area contributed by atoms with Crippen molar-refractivity contribution in [2.24, 2.45) is 0 Å². The fraction of sp³-hybridized carbons (Fsp3) is 0.444. The maximum atomic E-state index is 12.7. The van der Waals surface area contributed by atoms with Gasteiger partial charge in [-0.15, -0.1) is 0 Å². The standard InChI is InChI=1S/C9H8ClF3N4/c1-4(2)17-7-5(3-14-8(10)15-7)6(16-17)9(11,12)13/h3-4H,1-2H3. The molecule has 0 saturated heterocycles. The highest BCUT2D eigenvalue weighted by Crippen LogP contribution is 2.34. The monoisotopic (exact) mass is 264 g/mol. The molecule has 8 heteroatoms. The summed E-state index contributed by atoms with van der Waals surface area (Å²) in [5.41, 5.74) is -0.898. The van der Waals surface area contributed by atoms with Crippen molar-refractivity contribution in [3.05, 3.63) is 17.2 Å². The van der Waals surface area contributed by atoms with Gasteiger partial charge < -0.3 is 0 Å². The summed E-state index contributed by atoms with van der Waals surface area (Å²) in [5, 5.41) is 3.29. The van der Waals surface area contributed by atoms with E-state index in [4.69, 9.17) is 11.6 Å². The van der Waals surface area contributed by atoms with E-state index in [1.807, 2.05) is 0 Å². The molecule has 0 saturated carbocycles. The van der Waals surface area contributed by atoms with Crippen molar-refractivity contribution in [3.63, 3.8) is 0 Å². The predicted octanol–water partition coefficient (Wildman–Crippen LogP) is 3.08. The van der Waals surface area contributed by atoms with Crippen molar-refractivity contribution in [1.29, 1.82) is 0 Å². The Hall–Kier alpha value is -1.37. The lowest BCUT2D eigenvalue weighted by Gasteiger charge is -2.05. The van der Waals surface area contributed by atoms with Gasteiger partial charge in [0.05, 0.1) is 5.39 Å². The Morgan fingerprint density at radius 3 is 2.53 bits per heavy atom. The molecule has 0 radical (unpaired) electrons. The van der Waals surface area contributed by atoms with Gasteiger partial charge in [0, 0.05) is 12.2 Å². The molecule has 92 valence electrons. The molecule has 0 spiro atoms. The van der Waals surface area contributed by atoms with Crippen LogP contribution in [0.3, 0.4) is 0 Å². The highest BCUT2D eigenvalue weighted by molar-refractivity contribution is 6.28. The quantitative estimate of drug-likeness (QED) is 0.744. The predicted molar refractivity (Wildman–Crippen MR) is 55.7 cm³/mol. The summed E-state index contributed by atoms with van der Waals surface area (Å²) in [5.74, 6) is 0. The van der Waals surface area contributed by atoms with Crippen LogP contribution in [0.1, 0.15) is 25.6 Å². The second-order valence-corrected chi connectivity index (χ2v) is 4.10. The molecule has 0 aliphatic carbocycles. The van der Waals surface area contributed by atoms with E-state index in [0.717, 1.165) is 6.20 Å². The third-order valence-corrected chi connectivity index (χ3v) is 2.36. The van der Waals surface area contributed by atoms with Crippen molar-refractivity contribution < 1.29 is 13.2 Å². The Balaban J connectivity index is 2.80. The largest absolute Gasteiger partial charge is 0.435 e. The van der Waals surface area contributed by atoms with E-state index in [0.29, 0.717) is 0 Å². The summed E-state index contributed by atoms with van der Waals surface area (Å²) in [4.78, 5) is 7.34. The van der Waals surface area contributed by atoms with Crippen LogP contribution in [0.4, 0.5) is 13.2 Å². The Morgan fingerprint density at radius 1 is 1.35 bits per heavy atom. The van der Waals surface area contributed by atoms with Gasteiger partial charge in [-0.2, -0.15) is 23.3 Å². The van der Waals surface area contributed by atoms with Crippen LogP contribution in [0.15, 0.2) is 6.20 Å². The molecule has 0 N–H and O–H groups in total. The van der Waals surface area contributed by atoms with Crippen molar-refractivity contribution in [2.45, 2.75) is 26.1 Å². The van der Waals surface area contributed by atoms with E-state index in [1.54, 1.807) is 13.8 Å². The van der Waals surface area contributed by atoms with Crippen LogP contribution in [0.25, 0.3) is 11.0 Å². The molecule has 0 amide bonds. The van der Waals surface area contributed by atoms with Crippen LogP contribution in [0, 0.1) is 0 Å². The highest BCUT2D eigenvalue weighted by Gasteiger charge is 2.37. The van der Waals surface area contributed by atoms with Gasteiger partial charge in [0.1, 0.15) is 0 Å². The molecular formula is C9H8ClF3N4. The first-order valence-corrected chi connectivity index (χ1v) is 5.16. The number of hydrogen-bond acceptors (Lipinski definition) is 3. The summed E-state index contributed by atoms with van der Waals surface area (Å²) in [7, 11) is 0. The fourth-order valence-electron chi connectivity index (χ4n) is 1.47. The van der Waals surface area contributed by atoms with Gasteiger partial charge in [0.2, 0.25) is 5.28 Å². The van der Waals surface area contributed by atoms with Gasteiger partial charge in [-0.1, -0.05) is 0 Å². The molecule has 17 heavy (non-hydrogen) atoms. The molecule has 2 rings (SSSR count). The van der Waals surface area contributed by atoms with E-state index in [-0.39, 0.29) is 22.4 Å². The molecule has 2 aromatic rings. The van der Waals surface area contributed by atoms with Gasteiger partial charge in [0.25, 0.3) is 0 Å². The van der Waals surface area contributed by atoms with Gasteiger partial charge in [0.15, 0.2) is 11.3 Å². The molecule has 2 heterocycles. The second-order valence-electron chi connectivity index (χ2n) is 3.76. The normalized spacial score (nSPS) is 12.6. The highest BCUT2D eigenvalue weighted by atomic mass is 35.5. The zero-order valence-corrected chi connectivity index (χ0v) is 9.71. The minimum absolute atomic E-state index is 0.0901. The van der Waals surface area contributed by atoms with Crippen LogP contribution in [-0.2, 0) is 6.18 Å². The number of aromatic nitrogens is 4. The SMILES string of the molecule is CC(C)n1nc(C(F)(F)F)c2cnc(Cl)nc21. The first-order chi connectivity index (χ1) is 7.80. The van der Waals surface area contributed by atoms with Crippen LogP contribution in [0.5, 0.6) is 0 Å². The Kier molecular flexibility index (Phi) is 2.73. The Morgan fingerprint density at radius 2 is 2.00 bits per heavy atom. The molecule has 2 aromatic heterocycles. The number of nitrogens with zero attached hydrogens (tertiary/aromatic N) is 4. The maximum Gasteiger partial charge on any atom is 0.435 e. The van der Waals surface area contributed by atoms with E-state index in [2.05, 4.69) is 15.1 Å². The first-order valence-electron chi connectivity index (χ1n) is 4.78. The van der Waals surface area contributed by atoms with Crippen molar-refractivity contribution in [3.8, 4) is 0 Å². The van der Waals surface area contributed by atoms with E-state index in [1.165, 1.54) is 4.68 Å². The molecule has 4 nitrogen and oxygen atoms in total. The average molecular weight is 265 g/mol. The molecule has 0 bridgehead atoms. The average Bonchev–Trinajstić information content (AvgIpc) is 2.55. The minimum atomic E-state index is -4.53. The van der Waals surface area contributed by atoms with Crippen LogP contribution >= 0.6 is 11.6 Å². The third-order valence-electron chi connectivity index (χ3n) is 2.18. The molecule has 0 atom stereocenters. The summed E-state index contributed by atoms with van der Waals surface area (Å²) in [6.07, 6.45) is -3.49. The number of fused-ring (bicyclic) bond motifs is 1. The topological polar surface area (TPSA) is 43.6 Å². The first kappa shape index (κ1) is 12.1. The Labute approximate surface area is 99.4 Å². The molecule has 0 aliphatic heterocycles. The molecule has 0 fully saturated rings. The molecule has 0 aliphatic rings. The van der Waals surface area contributed by atoms with E-state index < -0.39 is 11.9 Å². The Bertz CT molecular complexity index is 561. The van der Waals surface area contributed by atoms with Crippen molar-refractivity contribution >= 4 is 22.6 Å². The number of rotatable bonds is 1. The van der Waals surface area contributed by atoms with Gasteiger partial charge in [-0.25, -0.2) is 9.67 Å². The second kappa shape index (κ2) is 3.83. The molecule has 0 unspecified atom stereocenters. The third kappa shape index (κ3) is 2.06. The van der Waals surface area contributed by atoms with Crippen LogP contribution in [0.2, 0.25) is 5.28 Å². The van der Waals surface area contributed by atoms with Gasteiger partial charge in [-0.05, 0) is 25.4 Å². The van der Waals surface area contributed by atoms with Crippen LogP contribution < -0.4 is 0 Å². The molecule has 0 aromatic carbocycles. The van der Waals surface area contributed by atoms with E-state index >= 15 is 0 Å². The van der Waals surface area contributed by atoms with Crippen molar-refractivity contribution in [1.82, 2.24) is 19.7 Å². The summed E-state index contributed by atoms with van der Waals surface area (Å²) < 4.78 is 39.4. The maximum absolute atomic E-state index is 12.7. The van der Waals surface area contributed by atoms with E-state index in [9.17, 15) is 13.2 Å². The fourth-order valence-corrected chi connectivity index (χ4v) is 1.60. The number of alkyl halides is 3. The lowest BCUT2D eigenvalue weighted by atomic mass is 10.3. The zero-order valence-electron chi connectivity index (χ0n) is 8.96. The van der Waals surface area contributed by atoms with Crippen LogP contribution in [-0.4, -0.2) is 19.7 Å². The minimum Gasteiger partial charge on any atom is -0.244 e. The zero-order chi connectivity index (χ0) is 12.8. The summed E-state index contributed by atoms with van der Waals surface area (Å²) in [6, 6.07) is -0.250. The number of halogens is 4. The number of hydrogen-bond donors (Lipinski definition) is 0.